The van der Waals surface area contributed by atoms with E-state index in [2.05, 4.69) is 47.7 Å². The van der Waals surface area contributed by atoms with Gasteiger partial charge in [-0.1, -0.05) is 37.3 Å². The number of nitrogens with zero attached hydrogens (tertiary/aromatic N) is 5. The highest BCUT2D eigenvalue weighted by Gasteiger charge is 2.30. The van der Waals surface area contributed by atoms with Crippen molar-refractivity contribution in [1.29, 1.82) is 0 Å². The lowest BCUT2D eigenvalue weighted by Gasteiger charge is -2.22. The van der Waals surface area contributed by atoms with Crippen molar-refractivity contribution in [3.8, 4) is 11.4 Å². The molecule has 0 saturated heterocycles. The van der Waals surface area contributed by atoms with Gasteiger partial charge in [-0.25, -0.2) is 4.68 Å². The molecule has 1 fully saturated rings. The molecule has 5 nitrogen and oxygen atoms in total. The van der Waals surface area contributed by atoms with Crippen LogP contribution in [0, 0.1) is 4.77 Å². The molecule has 6 heteroatoms. The number of pyridine rings is 1. The highest BCUT2D eigenvalue weighted by Crippen LogP contribution is 2.29. The Balaban J connectivity index is 1.61. The number of rotatable bonds is 9. The average molecular weight is 406 g/mol. The zero-order chi connectivity index (χ0) is 20.2. The minimum Gasteiger partial charge on any atom is -0.296 e. The molecule has 0 aliphatic heterocycles. The van der Waals surface area contributed by atoms with Gasteiger partial charge in [0.1, 0.15) is 0 Å². The number of aryl methyl sites for hydroxylation is 1. The monoisotopic (exact) mass is 405 g/mol. The van der Waals surface area contributed by atoms with Crippen LogP contribution in [0.1, 0.15) is 30.9 Å². The highest BCUT2D eigenvalue weighted by atomic mass is 32.1. The van der Waals surface area contributed by atoms with Crippen LogP contribution in [0.15, 0.2) is 61.4 Å². The third kappa shape index (κ3) is 4.54. The molecule has 0 unspecified atom stereocenters. The highest BCUT2D eigenvalue weighted by molar-refractivity contribution is 7.71. The lowest BCUT2D eigenvalue weighted by Crippen LogP contribution is -2.29. The summed E-state index contributed by atoms with van der Waals surface area (Å²) in [6.07, 6.45) is 9.00. The maximum absolute atomic E-state index is 5.77. The van der Waals surface area contributed by atoms with Crippen molar-refractivity contribution in [2.24, 2.45) is 0 Å². The molecule has 0 spiro atoms. The van der Waals surface area contributed by atoms with Gasteiger partial charge in [0, 0.05) is 37.1 Å². The predicted molar refractivity (Wildman–Crippen MR) is 119 cm³/mol. The van der Waals surface area contributed by atoms with Crippen LogP contribution in [0.2, 0.25) is 0 Å². The topological polar surface area (TPSA) is 38.9 Å². The molecule has 3 aromatic rings. The summed E-state index contributed by atoms with van der Waals surface area (Å²) in [4.78, 5) is 6.72. The van der Waals surface area contributed by atoms with Crippen LogP contribution >= 0.6 is 12.2 Å². The van der Waals surface area contributed by atoms with Gasteiger partial charge in [0.25, 0.3) is 0 Å². The first-order valence-electron chi connectivity index (χ1n) is 10.2. The van der Waals surface area contributed by atoms with Crippen molar-refractivity contribution < 1.29 is 0 Å². The summed E-state index contributed by atoms with van der Waals surface area (Å²) < 4.78 is 4.69. The van der Waals surface area contributed by atoms with Gasteiger partial charge in [0.15, 0.2) is 10.6 Å². The molecule has 0 radical (unpaired) electrons. The standard InChI is InChI=1S/C23H27N5S/c1-3-14-27-22(20-6-5-13-24-15-20)25-28(23(27)29)17-26(21-11-12-21)16-19-9-7-18(4-2)8-10-19/h3,5-10,13,15,21H,1,4,11-12,14,16-17H2,2H3. The average Bonchev–Trinajstić information content (AvgIpc) is 3.56. The number of benzene rings is 1. The smallest absolute Gasteiger partial charge is 0.199 e. The fraction of sp³-hybridized carbons (Fsp3) is 0.348. The lowest BCUT2D eigenvalue weighted by atomic mass is 10.1. The molecular weight excluding hydrogens is 378 g/mol. The van der Waals surface area contributed by atoms with E-state index in [0.29, 0.717) is 19.3 Å². The number of aromatic nitrogens is 4. The molecule has 29 heavy (non-hydrogen) atoms. The van der Waals surface area contributed by atoms with Crippen LogP contribution in [0.3, 0.4) is 0 Å². The molecule has 150 valence electrons. The summed E-state index contributed by atoms with van der Waals surface area (Å²) in [5.74, 6) is 0.839. The molecule has 2 heterocycles. The Kier molecular flexibility index (Phi) is 6.02. The van der Waals surface area contributed by atoms with Crippen LogP contribution in [0.25, 0.3) is 11.4 Å². The Bertz CT molecular complexity index is 1020. The van der Waals surface area contributed by atoms with Crippen molar-refractivity contribution in [3.63, 3.8) is 0 Å². The largest absolute Gasteiger partial charge is 0.296 e. The SMILES string of the molecule is C=CCn1c(-c2cccnc2)nn(CN(Cc2ccc(CC)cc2)C2CC2)c1=S. The molecule has 0 N–H and O–H groups in total. The van der Waals surface area contributed by atoms with Gasteiger partial charge in [-0.15, -0.1) is 6.58 Å². The van der Waals surface area contributed by atoms with Gasteiger partial charge < -0.3 is 0 Å². The Hall–Kier alpha value is -2.57. The van der Waals surface area contributed by atoms with E-state index in [9.17, 15) is 0 Å². The van der Waals surface area contributed by atoms with E-state index in [1.165, 1.54) is 24.0 Å². The normalized spacial score (nSPS) is 13.7. The van der Waals surface area contributed by atoms with Crippen LogP contribution in [0.4, 0.5) is 0 Å². The molecule has 1 aliphatic carbocycles. The van der Waals surface area contributed by atoms with Crippen LogP contribution in [-0.4, -0.2) is 30.3 Å². The summed E-state index contributed by atoms with van der Waals surface area (Å²) >= 11 is 5.77. The van der Waals surface area contributed by atoms with Gasteiger partial charge in [0.05, 0.1) is 6.67 Å². The molecule has 1 aliphatic rings. The number of hydrogen-bond acceptors (Lipinski definition) is 4. The third-order valence-electron chi connectivity index (χ3n) is 5.35. The second-order valence-electron chi connectivity index (χ2n) is 7.54. The quantitative estimate of drug-likeness (QED) is 0.377. The number of hydrogen-bond donors (Lipinski definition) is 0. The van der Waals surface area contributed by atoms with Gasteiger partial charge in [-0.2, -0.15) is 5.10 Å². The van der Waals surface area contributed by atoms with Gasteiger partial charge in [0.2, 0.25) is 0 Å². The summed E-state index contributed by atoms with van der Waals surface area (Å²) in [6, 6.07) is 13.5. The molecule has 0 bridgehead atoms. The van der Waals surface area contributed by atoms with Gasteiger partial charge in [-0.3, -0.25) is 14.5 Å². The molecule has 0 atom stereocenters. The first kappa shape index (κ1) is 19.7. The summed E-state index contributed by atoms with van der Waals surface area (Å²) in [7, 11) is 0. The Morgan fingerprint density at radius 1 is 1.21 bits per heavy atom. The van der Waals surface area contributed by atoms with E-state index < -0.39 is 0 Å². The van der Waals surface area contributed by atoms with E-state index >= 15 is 0 Å². The lowest BCUT2D eigenvalue weighted by molar-refractivity contribution is 0.186. The van der Waals surface area contributed by atoms with E-state index in [-0.39, 0.29) is 0 Å². The first-order chi connectivity index (χ1) is 14.2. The summed E-state index contributed by atoms with van der Waals surface area (Å²) in [6.45, 7) is 8.30. The van der Waals surface area contributed by atoms with Crippen LogP contribution < -0.4 is 0 Å². The van der Waals surface area contributed by atoms with Crippen LogP contribution in [-0.2, 0) is 26.2 Å². The second-order valence-corrected chi connectivity index (χ2v) is 7.90. The minimum atomic E-state index is 0.606. The Morgan fingerprint density at radius 2 is 1.97 bits per heavy atom. The molecule has 2 aromatic heterocycles. The Labute approximate surface area is 177 Å². The van der Waals surface area contributed by atoms with Gasteiger partial charge >= 0.3 is 0 Å². The van der Waals surface area contributed by atoms with Crippen LogP contribution in [0.5, 0.6) is 0 Å². The summed E-state index contributed by atoms with van der Waals surface area (Å²) in [5.41, 5.74) is 3.67. The van der Waals surface area contributed by atoms with Crippen molar-refractivity contribution in [3.05, 3.63) is 77.3 Å². The third-order valence-corrected chi connectivity index (χ3v) is 5.78. The minimum absolute atomic E-state index is 0.606. The van der Waals surface area contributed by atoms with E-state index in [0.717, 1.165) is 29.1 Å². The zero-order valence-corrected chi connectivity index (χ0v) is 17.7. The molecule has 1 saturated carbocycles. The van der Waals surface area contributed by atoms with Crippen molar-refractivity contribution in [1.82, 2.24) is 24.2 Å². The van der Waals surface area contributed by atoms with E-state index in [1.807, 2.05) is 33.7 Å². The van der Waals surface area contributed by atoms with E-state index in [1.54, 1.807) is 6.20 Å². The predicted octanol–water partition coefficient (Wildman–Crippen LogP) is 4.85. The van der Waals surface area contributed by atoms with E-state index in [4.69, 9.17) is 17.3 Å². The molecule has 0 amide bonds. The maximum atomic E-state index is 5.77. The van der Waals surface area contributed by atoms with Crippen molar-refractivity contribution in [2.75, 3.05) is 0 Å². The molecule has 4 rings (SSSR count). The molecule has 1 aromatic carbocycles. The Morgan fingerprint density at radius 3 is 2.59 bits per heavy atom. The maximum Gasteiger partial charge on any atom is 0.199 e. The van der Waals surface area contributed by atoms with Crippen molar-refractivity contribution >= 4 is 12.2 Å². The fourth-order valence-electron chi connectivity index (χ4n) is 3.56. The fourth-order valence-corrected chi connectivity index (χ4v) is 3.82. The number of allylic oxidation sites excluding steroid dienone is 1. The summed E-state index contributed by atoms with van der Waals surface area (Å²) in [5, 5.41) is 4.86. The zero-order valence-electron chi connectivity index (χ0n) is 16.9. The molecular formula is C23H27N5S. The van der Waals surface area contributed by atoms with Gasteiger partial charge in [-0.05, 0) is 54.7 Å². The first-order valence-corrected chi connectivity index (χ1v) is 10.6. The van der Waals surface area contributed by atoms with Crippen molar-refractivity contribution in [2.45, 2.75) is 52.0 Å². The second kappa shape index (κ2) is 8.84.